The molecule has 0 saturated carbocycles. The first kappa shape index (κ1) is 13.1. The molecule has 0 amide bonds. The third-order valence-electron chi connectivity index (χ3n) is 2.87. The average Bonchev–Trinajstić information content (AvgIpc) is 2.37. The van der Waals surface area contributed by atoms with Crippen LogP contribution in [0.1, 0.15) is 24.1 Å². The summed E-state index contributed by atoms with van der Waals surface area (Å²) in [7, 11) is 0. The van der Waals surface area contributed by atoms with Gasteiger partial charge in [0.05, 0.1) is 0 Å². The summed E-state index contributed by atoms with van der Waals surface area (Å²) in [6, 6.07) is 14.4. The van der Waals surface area contributed by atoms with Gasteiger partial charge in [-0.15, -0.1) is 0 Å². The van der Waals surface area contributed by atoms with Gasteiger partial charge in [0.1, 0.15) is 5.82 Å². The van der Waals surface area contributed by atoms with E-state index in [0.29, 0.717) is 17.1 Å². The Morgan fingerprint density at radius 3 is 2.67 bits per heavy atom. The minimum absolute atomic E-state index is 0.0369. The Hall–Kier alpha value is -1.38. The Bertz CT molecular complexity index is 527. The van der Waals surface area contributed by atoms with Gasteiger partial charge in [-0.25, -0.2) is 4.39 Å². The molecule has 0 aromatic heterocycles. The number of hydrogen-bond acceptors (Lipinski definition) is 1. The standard InChI is InChI=1S/C15H15ClFN/c1-11(14-7-2-3-8-15(14)17)18-10-12-5-4-6-13(16)9-12/h2-9,11,18H,10H2,1H3. The van der Waals surface area contributed by atoms with Crippen molar-refractivity contribution in [1.29, 1.82) is 0 Å². The fourth-order valence-corrected chi connectivity index (χ4v) is 2.07. The third kappa shape index (κ3) is 3.31. The highest BCUT2D eigenvalue weighted by Gasteiger charge is 2.09. The molecule has 1 atom stereocenters. The van der Waals surface area contributed by atoms with Gasteiger partial charge in [-0.1, -0.05) is 41.9 Å². The van der Waals surface area contributed by atoms with Crippen molar-refractivity contribution < 1.29 is 4.39 Å². The van der Waals surface area contributed by atoms with Crippen molar-refractivity contribution in [3.05, 3.63) is 70.5 Å². The van der Waals surface area contributed by atoms with Crippen LogP contribution >= 0.6 is 11.6 Å². The summed E-state index contributed by atoms with van der Waals surface area (Å²) in [6.45, 7) is 2.61. The molecule has 94 valence electrons. The quantitative estimate of drug-likeness (QED) is 0.866. The number of nitrogens with one attached hydrogen (secondary N) is 1. The topological polar surface area (TPSA) is 12.0 Å². The SMILES string of the molecule is CC(NCc1cccc(Cl)c1)c1ccccc1F. The van der Waals surface area contributed by atoms with Gasteiger partial charge in [0, 0.05) is 23.2 Å². The Morgan fingerprint density at radius 1 is 1.17 bits per heavy atom. The van der Waals surface area contributed by atoms with Crippen LogP contribution in [0.25, 0.3) is 0 Å². The monoisotopic (exact) mass is 263 g/mol. The lowest BCUT2D eigenvalue weighted by Gasteiger charge is -2.15. The molecule has 18 heavy (non-hydrogen) atoms. The maximum absolute atomic E-state index is 13.6. The van der Waals surface area contributed by atoms with Crippen LogP contribution in [0.4, 0.5) is 4.39 Å². The number of hydrogen-bond donors (Lipinski definition) is 1. The molecule has 2 rings (SSSR count). The molecule has 0 saturated heterocycles. The third-order valence-corrected chi connectivity index (χ3v) is 3.11. The van der Waals surface area contributed by atoms with E-state index in [4.69, 9.17) is 11.6 Å². The number of rotatable bonds is 4. The highest BCUT2D eigenvalue weighted by molar-refractivity contribution is 6.30. The molecule has 0 bridgehead atoms. The van der Waals surface area contributed by atoms with Crippen molar-refractivity contribution in [3.8, 4) is 0 Å². The minimum Gasteiger partial charge on any atom is -0.306 e. The van der Waals surface area contributed by atoms with E-state index in [-0.39, 0.29) is 11.9 Å². The van der Waals surface area contributed by atoms with Gasteiger partial charge in [-0.2, -0.15) is 0 Å². The second-order valence-electron chi connectivity index (χ2n) is 4.25. The second kappa shape index (κ2) is 5.98. The van der Waals surface area contributed by atoms with E-state index in [1.807, 2.05) is 37.3 Å². The number of halogens is 2. The smallest absolute Gasteiger partial charge is 0.127 e. The Kier molecular flexibility index (Phi) is 4.34. The molecule has 1 unspecified atom stereocenters. The van der Waals surface area contributed by atoms with Crippen LogP contribution in [-0.4, -0.2) is 0 Å². The Labute approximate surface area is 112 Å². The predicted octanol–water partition coefficient (Wildman–Crippen LogP) is 4.33. The van der Waals surface area contributed by atoms with Crippen LogP contribution in [0, 0.1) is 5.82 Å². The lowest BCUT2D eigenvalue weighted by Crippen LogP contribution is -2.19. The van der Waals surface area contributed by atoms with E-state index in [0.717, 1.165) is 5.56 Å². The van der Waals surface area contributed by atoms with Gasteiger partial charge in [0.15, 0.2) is 0 Å². The van der Waals surface area contributed by atoms with Gasteiger partial charge < -0.3 is 5.32 Å². The van der Waals surface area contributed by atoms with E-state index in [1.54, 1.807) is 12.1 Å². The molecule has 1 nitrogen and oxygen atoms in total. The number of benzene rings is 2. The van der Waals surface area contributed by atoms with Gasteiger partial charge in [0.25, 0.3) is 0 Å². The van der Waals surface area contributed by atoms with E-state index in [2.05, 4.69) is 5.32 Å². The first-order valence-corrected chi connectivity index (χ1v) is 6.27. The van der Waals surface area contributed by atoms with E-state index >= 15 is 0 Å². The molecule has 3 heteroatoms. The summed E-state index contributed by atoms with van der Waals surface area (Å²) in [4.78, 5) is 0. The summed E-state index contributed by atoms with van der Waals surface area (Å²) in [5.41, 5.74) is 1.77. The van der Waals surface area contributed by atoms with Gasteiger partial charge in [-0.05, 0) is 30.7 Å². The zero-order valence-electron chi connectivity index (χ0n) is 10.2. The summed E-state index contributed by atoms with van der Waals surface area (Å²) in [5.74, 6) is -0.177. The molecule has 0 aliphatic rings. The first-order chi connectivity index (χ1) is 8.66. The molecule has 0 heterocycles. The van der Waals surface area contributed by atoms with Crippen molar-refractivity contribution in [2.75, 3.05) is 0 Å². The molecule has 0 radical (unpaired) electrons. The summed E-state index contributed by atoms with van der Waals surface area (Å²) < 4.78 is 13.6. The van der Waals surface area contributed by atoms with Crippen LogP contribution < -0.4 is 5.32 Å². The van der Waals surface area contributed by atoms with Gasteiger partial charge in [0.2, 0.25) is 0 Å². The molecule has 0 aliphatic heterocycles. The molecule has 2 aromatic rings. The normalized spacial score (nSPS) is 12.4. The maximum Gasteiger partial charge on any atom is 0.127 e. The molecule has 1 N–H and O–H groups in total. The summed E-state index contributed by atoms with van der Waals surface area (Å²) >= 11 is 5.91. The molecular formula is C15H15ClFN. The summed E-state index contributed by atoms with van der Waals surface area (Å²) in [5, 5.41) is 4.00. The predicted molar refractivity (Wildman–Crippen MR) is 73.1 cm³/mol. The first-order valence-electron chi connectivity index (χ1n) is 5.89. The molecule has 2 aromatic carbocycles. The van der Waals surface area contributed by atoms with Gasteiger partial charge >= 0.3 is 0 Å². The van der Waals surface area contributed by atoms with E-state index in [1.165, 1.54) is 6.07 Å². The fraction of sp³-hybridized carbons (Fsp3) is 0.200. The van der Waals surface area contributed by atoms with Crippen LogP contribution in [0.3, 0.4) is 0 Å². The zero-order valence-corrected chi connectivity index (χ0v) is 10.9. The van der Waals surface area contributed by atoms with Crippen LogP contribution in [0.15, 0.2) is 48.5 Å². The van der Waals surface area contributed by atoms with Crippen molar-refractivity contribution in [3.63, 3.8) is 0 Å². The van der Waals surface area contributed by atoms with Crippen LogP contribution in [-0.2, 0) is 6.54 Å². The highest BCUT2D eigenvalue weighted by atomic mass is 35.5. The van der Waals surface area contributed by atoms with E-state index < -0.39 is 0 Å². The molecule has 0 aliphatic carbocycles. The highest BCUT2D eigenvalue weighted by Crippen LogP contribution is 2.17. The van der Waals surface area contributed by atoms with Crippen molar-refractivity contribution >= 4 is 11.6 Å². The second-order valence-corrected chi connectivity index (χ2v) is 4.69. The Morgan fingerprint density at radius 2 is 1.94 bits per heavy atom. The summed E-state index contributed by atoms with van der Waals surface area (Å²) in [6.07, 6.45) is 0. The van der Waals surface area contributed by atoms with Crippen molar-refractivity contribution in [2.24, 2.45) is 0 Å². The molecular weight excluding hydrogens is 249 g/mol. The van der Waals surface area contributed by atoms with Crippen molar-refractivity contribution in [1.82, 2.24) is 5.32 Å². The maximum atomic E-state index is 13.6. The minimum atomic E-state index is -0.177. The van der Waals surface area contributed by atoms with E-state index in [9.17, 15) is 4.39 Å². The van der Waals surface area contributed by atoms with Crippen molar-refractivity contribution in [2.45, 2.75) is 19.5 Å². The fourth-order valence-electron chi connectivity index (χ4n) is 1.85. The lowest BCUT2D eigenvalue weighted by atomic mass is 10.1. The largest absolute Gasteiger partial charge is 0.306 e. The lowest BCUT2D eigenvalue weighted by molar-refractivity contribution is 0.528. The molecule has 0 fully saturated rings. The molecule has 0 spiro atoms. The van der Waals surface area contributed by atoms with Crippen LogP contribution in [0.5, 0.6) is 0 Å². The average molecular weight is 264 g/mol. The van der Waals surface area contributed by atoms with Crippen LogP contribution in [0.2, 0.25) is 5.02 Å². The van der Waals surface area contributed by atoms with Gasteiger partial charge in [-0.3, -0.25) is 0 Å². The zero-order chi connectivity index (χ0) is 13.0. The Balaban J connectivity index is 2.00.